The van der Waals surface area contributed by atoms with Gasteiger partial charge in [-0.15, -0.1) is 0 Å². The molecule has 0 fully saturated rings. The van der Waals surface area contributed by atoms with Crippen molar-refractivity contribution in [2.75, 3.05) is 20.1 Å². The molecule has 21 heavy (non-hydrogen) atoms. The topological polar surface area (TPSA) is 15.3 Å². The van der Waals surface area contributed by atoms with Crippen molar-refractivity contribution in [2.45, 2.75) is 39.5 Å². The molecule has 0 saturated carbocycles. The van der Waals surface area contributed by atoms with E-state index in [-0.39, 0.29) is 6.54 Å². The highest BCUT2D eigenvalue weighted by atomic mass is 19.4. The number of benzene rings is 1. The lowest BCUT2D eigenvalue weighted by Gasteiger charge is -2.18. The molecule has 0 aromatic heterocycles. The van der Waals surface area contributed by atoms with E-state index in [9.17, 15) is 13.2 Å². The van der Waals surface area contributed by atoms with Gasteiger partial charge >= 0.3 is 6.18 Å². The number of alkyl halides is 3. The summed E-state index contributed by atoms with van der Waals surface area (Å²) in [5.41, 5.74) is 2.21. The molecular formula is C16H25F3N2. The van der Waals surface area contributed by atoms with Gasteiger partial charge in [0.2, 0.25) is 0 Å². The first-order chi connectivity index (χ1) is 9.76. The fourth-order valence-corrected chi connectivity index (χ4v) is 2.05. The summed E-state index contributed by atoms with van der Waals surface area (Å²) in [7, 11) is 1.72. The summed E-state index contributed by atoms with van der Waals surface area (Å²) >= 11 is 0. The summed E-state index contributed by atoms with van der Waals surface area (Å²) in [6.45, 7) is 6.61. The lowest BCUT2D eigenvalue weighted by atomic mass is 10.1. The van der Waals surface area contributed by atoms with Crippen LogP contribution in [0, 0.1) is 5.92 Å². The summed E-state index contributed by atoms with van der Waals surface area (Å²) in [6, 6.07) is 8.00. The highest BCUT2D eigenvalue weighted by Crippen LogP contribution is 2.20. The van der Waals surface area contributed by atoms with Gasteiger partial charge in [-0.3, -0.25) is 0 Å². The van der Waals surface area contributed by atoms with Crippen molar-refractivity contribution in [3.05, 3.63) is 35.4 Å². The first-order valence-corrected chi connectivity index (χ1v) is 7.30. The minimum absolute atomic E-state index is 0.0271. The van der Waals surface area contributed by atoms with Gasteiger partial charge in [-0.2, -0.15) is 13.2 Å². The van der Waals surface area contributed by atoms with Crippen LogP contribution in [0.2, 0.25) is 0 Å². The van der Waals surface area contributed by atoms with E-state index >= 15 is 0 Å². The van der Waals surface area contributed by atoms with Gasteiger partial charge in [-0.1, -0.05) is 38.1 Å². The third kappa shape index (κ3) is 8.73. The van der Waals surface area contributed by atoms with Crippen LogP contribution in [0.25, 0.3) is 0 Å². The van der Waals surface area contributed by atoms with E-state index in [2.05, 4.69) is 25.2 Å². The first-order valence-electron chi connectivity index (χ1n) is 7.30. The fraction of sp³-hybridized carbons (Fsp3) is 0.625. The Labute approximate surface area is 125 Å². The van der Waals surface area contributed by atoms with Crippen molar-refractivity contribution in [1.82, 2.24) is 10.2 Å². The van der Waals surface area contributed by atoms with Crippen LogP contribution in [-0.2, 0) is 13.1 Å². The van der Waals surface area contributed by atoms with Crippen LogP contribution in [-0.4, -0.2) is 31.2 Å². The molecule has 0 bridgehead atoms. The van der Waals surface area contributed by atoms with Crippen molar-refractivity contribution >= 4 is 0 Å². The molecule has 0 radical (unpaired) electrons. The van der Waals surface area contributed by atoms with Crippen molar-refractivity contribution in [1.29, 1.82) is 0 Å². The SMILES string of the molecule is CC(C)CNCc1cccc(CN(C)CCC(F)(F)F)c1. The van der Waals surface area contributed by atoms with Gasteiger partial charge in [0.1, 0.15) is 0 Å². The molecule has 0 aliphatic carbocycles. The lowest BCUT2D eigenvalue weighted by molar-refractivity contribution is -0.137. The van der Waals surface area contributed by atoms with E-state index in [1.54, 1.807) is 11.9 Å². The zero-order chi connectivity index (χ0) is 15.9. The largest absolute Gasteiger partial charge is 0.390 e. The Kier molecular flexibility index (Phi) is 7.18. The molecule has 0 aliphatic heterocycles. The minimum Gasteiger partial charge on any atom is -0.312 e. The predicted molar refractivity (Wildman–Crippen MR) is 80.0 cm³/mol. The highest BCUT2D eigenvalue weighted by molar-refractivity contribution is 5.23. The Balaban J connectivity index is 2.44. The van der Waals surface area contributed by atoms with Gasteiger partial charge in [0.15, 0.2) is 0 Å². The van der Waals surface area contributed by atoms with Gasteiger partial charge in [0.25, 0.3) is 0 Å². The first kappa shape index (κ1) is 18.0. The number of hydrogen-bond acceptors (Lipinski definition) is 2. The minimum atomic E-state index is -4.09. The average Bonchev–Trinajstić information content (AvgIpc) is 2.36. The van der Waals surface area contributed by atoms with Gasteiger partial charge in [-0.25, -0.2) is 0 Å². The maximum atomic E-state index is 12.2. The van der Waals surface area contributed by atoms with Crippen LogP contribution in [0.4, 0.5) is 13.2 Å². The van der Waals surface area contributed by atoms with E-state index in [1.165, 1.54) is 0 Å². The number of rotatable bonds is 8. The maximum absolute atomic E-state index is 12.2. The fourth-order valence-electron chi connectivity index (χ4n) is 2.05. The Morgan fingerprint density at radius 3 is 2.48 bits per heavy atom. The number of hydrogen-bond donors (Lipinski definition) is 1. The molecule has 0 unspecified atom stereocenters. The molecular weight excluding hydrogens is 277 g/mol. The van der Waals surface area contributed by atoms with Gasteiger partial charge < -0.3 is 10.2 Å². The van der Waals surface area contributed by atoms with Crippen LogP contribution in [0.3, 0.4) is 0 Å². The molecule has 2 nitrogen and oxygen atoms in total. The Bertz CT molecular complexity index is 416. The molecule has 0 aliphatic rings. The Hall–Kier alpha value is -1.07. The van der Waals surface area contributed by atoms with E-state index in [1.807, 2.05) is 18.2 Å². The van der Waals surface area contributed by atoms with Crippen LogP contribution in [0.1, 0.15) is 31.4 Å². The van der Waals surface area contributed by atoms with Crippen molar-refractivity contribution in [2.24, 2.45) is 5.92 Å². The van der Waals surface area contributed by atoms with Crippen LogP contribution >= 0.6 is 0 Å². The molecule has 1 aromatic rings. The summed E-state index contributed by atoms with van der Waals surface area (Å²) in [4.78, 5) is 1.70. The summed E-state index contributed by atoms with van der Waals surface area (Å²) in [5.74, 6) is 0.599. The second-order valence-corrected chi connectivity index (χ2v) is 5.95. The highest BCUT2D eigenvalue weighted by Gasteiger charge is 2.26. The van der Waals surface area contributed by atoms with E-state index in [4.69, 9.17) is 0 Å². The van der Waals surface area contributed by atoms with Crippen molar-refractivity contribution in [3.8, 4) is 0 Å². The predicted octanol–water partition coefficient (Wildman–Crippen LogP) is 3.82. The lowest BCUT2D eigenvalue weighted by Crippen LogP contribution is -2.24. The molecule has 1 aromatic carbocycles. The average molecular weight is 302 g/mol. The van der Waals surface area contributed by atoms with E-state index in [0.29, 0.717) is 12.5 Å². The number of halogens is 3. The van der Waals surface area contributed by atoms with Crippen LogP contribution < -0.4 is 5.32 Å². The van der Waals surface area contributed by atoms with E-state index in [0.717, 1.165) is 24.2 Å². The monoisotopic (exact) mass is 302 g/mol. The summed E-state index contributed by atoms with van der Waals surface area (Å²) in [5, 5.41) is 3.36. The zero-order valence-corrected chi connectivity index (χ0v) is 13.0. The molecule has 0 heterocycles. The normalized spacial score (nSPS) is 12.4. The Morgan fingerprint density at radius 2 is 1.86 bits per heavy atom. The number of nitrogens with one attached hydrogen (secondary N) is 1. The van der Waals surface area contributed by atoms with Crippen molar-refractivity contribution in [3.63, 3.8) is 0 Å². The van der Waals surface area contributed by atoms with Gasteiger partial charge in [0, 0.05) is 19.6 Å². The second-order valence-electron chi connectivity index (χ2n) is 5.95. The quantitative estimate of drug-likeness (QED) is 0.785. The second kappa shape index (κ2) is 8.39. The molecule has 0 spiro atoms. The molecule has 1 rings (SSSR count). The summed E-state index contributed by atoms with van der Waals surface area (Å²) in [6.07, 6.45) is -4.85. The zero-order valence-electron chi connectivity index (χ0n) is 13.0. The molecule has 1 N–H and O–H groups in total. The standard InChI is InChI=1S/C16H25F3N2/c1-13(2)10-20-11-14-5-4-6-15(9-14)12-21(3)8-7-16(17,18)19/h4-6,9,13,20H,7-8,10-12H2,1-3H3. The number of nitrogens with zero attached hydrogens (tertiary/aromatic N) is 1. The maximum Gasteiger partial charge on any atom is 0.390 e. The molecule has 0 atom stereocenters. The Morgan fingerprint density at radius 1 is 1.19 bits per heavy atom. The van der Waals surface area contributed by atoms with Crippen LogP contribution in [0.5, 0.6) is 0 Å². The molecule has 5 heteroatoms. The third-order valence-corrected chi connectivity index (χ3v) is 3.10. The molecule has 120 valence electrons. The van der Waals surface area contributed by atoms with Crippen LogP contribution in [0.15, 0.2) is 24.3 Å². The third-order valence-electron chi connectivity index (χ3n) is 3.10. The van der Waals surface area contributed by atoms with Gasteiger partial charge in [0.05, 0.1) is 6.42 Å². The molecule has 0 amide bonds. The van der Waals surface area contributed by atoms with Gasteiger partial charge in [-0.05, 0) is 30.6 Å². The molecule has 0 saturated heterocycles. The van der Waals surface area contributed by atoms with Crippen molar-refractivity contribution < 1.29 is 13.2 Å². The smallest absolute Gasteiger partial charge is 0.312 e. The van der Waals surface area contributed by atoms with E-state index < -0.39 is 12.6 Å². The summed E-state index contributed by atoms with van der Waals surface area (Å²) < 4.78 is 36.6.